The fraction of sp³-hybridized carbons (Fsp3) is 0.467. The minimum atomic E-state index is -1.07. The van der Waals surface area contributed by atoms with Crippen LogP contribution in [0.25, 0.3) is 0 Å². The standard InChI is InChI=1S/C15H19NO5/c1-20-12-8-10(4-5-11(12)14(18)19)16-13(17)9-15(21-2)6-3-7-15/h4-5,8H,3,6-7,9H2,1-2H3,(H,16,17)(H,18,19). The summed E-state index contributed by atoms with van der Waals surface area (Å²) in [6.07, 6.45) is 3.14. The number of carbonyl (C=O) groups excluding carboxylic acids is 1. The highest BCUT2D eigenvalue weighted by molar-refractivity contribution is 5.95. The number of hydrogen-bond acceptors (Lipinski definition) is 4. The van der Waals surface area contributed by atoms with Crippen molar-refractivity contribution in [3.63, 3.8) is 0 Å². The van der Waals surface area contributed by atoms with Crippen LogP contribution in [0.3, 0.4) is 0 Å². The van der Waals surface area contributed by atoms with Gasteiger partial charge in [-0.3, -0.25) is 4.79 Å². The molecule has 2 rings (SSSR count). The van der Waals surface area contributed by atoms with E-state index in [1.54, 1.807) is 13.2 Å². The number of hydrogen-bond donors (Lipinski definition) is 2. The van der Waals surface area contributed by atoms with E-state index in [0.717, 1.165) is 19.3 Å². The van der Waals surface area contributed by atoms with Crippen molar-refractivity contribution >= 4 is 17.6 Å². The highest BCUT2D eigenvalue weighted by Crippen LogP contribution is 2.38. The Hall–Kier alpha value is -2.08. The van der Waals surface area contributed by atoms with Gasteiger partial charge in [0.1, 0.15) is 11.3 Å². The van der Waals surface area contributed by atoms with Gasteiger partial charge in [-0.1, -0.05) is 0 Å². The van der Waals surface area contributed by atoms with Crippen molar-refractivity contribution in [2.45, 2.75) is 31.3 Å². The van der Waals surface area contributed by atoms with Crippen LogP contribution in [0, 0.1) is 0 Å². The number of carboxylic acid groups (broad SMARTS) is 1. The van der Waals surface area contributed by atoms with Gasteiger partial charge in [-0.25, -0.2) is 4.79 Å². The van der Waals surface area contributed by atoms with Crippen molar-refractivity contribution in [2.24, 2.45) is 0 Å². The lowest BCUT2D eigenvalue weighted by Crippen LogP contribution is -2.42. The van der Waals surface area contributed by atoms with Gasteiger partial charge in [0.15, 0.2) is 0 Å². The van der Waals surface area contributed by atoms with Gasteiger partial charge < -0.3 is 19.9 Å². The molecule has 1 saturated carbocycles. The second-order valence-electron chi connectivity index (χ2n) is 5.19. The highest BCUT2D eigenvalue weighted by atomic mass is 16.5. The SMILES string of the molecule is COc1cc(NC(=O)CC2(OC)CCC2)ccc1C(=O)O. The normalized spacial score (nSPS) is 15.9. The maximum absolute atomic E-state index is 12.0. The van der Waals surface area contributed by atoms with Gasteiger partial charge in [-0.05, 0) is 31.4 Å². The molecule has 114 valence electrons. The van der Waals surface area contributed by atoms with Crippen LogP contribution in [0.5, 0.6) is 5.75 Å². The van der Waals surface area contributed by atoms with Crippen LogP contribution in [0.1, 0.15) is 36.0 Å². The van der Waals surface area contributed by atoms with Gasteiger partial charge in [0.05, 0.1) is 19.1 Å². The lowest BCUT2D eigenvalue weighted by atomic mass is 9.77. The van der Waals surface area contributed by atoms with Crippen LogP contribution in [0.2, 0.25) is 0 Å². The van der Waals surface area contributed by atoms with Crippen molar-refractivity contribution < 1.29 is 24.2 Å². The predicted molar refractivity (Wildman–Crippen MR) is 76.8 cm³/mol. The van der Waals surface area contributed by atoms with Crippen LogP contribution in [-0.2, 0) is 9.53 Å². The van der Waals surface area contributed by atoms with Gasteiger partial charge >= 0.3 is 5.97 Å². The third kappa shape index (κ3) is 3.33. The third-order valence-corrected chi connectivity index (χ3v) is 3.90. The minimum absolute atomic E-state index is 0.0582. The van der Waals surface area contributed by atoms with Crippen molar-refractivity contribution in [3.05, 3.63) is 23.8 Å². The fourth-order valence-corrected chi connectivity index (χ4v) is 2.47. The molecule has 0 aliphatic heterocycles. The summed E-state index contributed by atoms with van der Waals surface area (Å²) in [6.45, 7) is 0. The lowest BCUT2D eigenvalue weighted by Gasteiger charge is -2.39. The number of carbonyl (C=O) groups is 2. The highest BCUT2D eigenvalue weighted by Gasteiger charge is 2.39. The zero-order chi connectivity index (χ0) is 15.5. The van der Waals surface area contributed by atoms with Crippen LogP contribution in [0.15, 0.2) is 18.2 Å². The Labute approximate surface area is 123 Å². The van der Waals surface area contributed by atoms with E-state index in [4.69, 9.17) is 14.6 Å². The van der Waals surface area contributed by atoms with Gasteiger partial charge in [0.2, 0.25) is 5.91 Å². The van der Waals surface area contributed by atoms with Crippen molar-refractivity contribution in [1.29, 1.82) is 0 Å². The third-order valence-electron chi connectivity index (χ3n) is 3.90. The van der Waals surface area contributed by atoms with E-state index in [1.165, 1.54) is 19.2 Å². The molecular formula is C15H19NO5. The zero-order valence-corrected chi connectivity index (χ0v) is 12.1. The molecule has 0 bridgehead atoms. The Morgan fingerprint density at radius 1 is 1.33 bits per heavy atom. The molecule has 6 heteroatoms. The number of benzene rings is 1. The maximum atomic E-state index is 12.0. The molecule has 6 nitrogen and oxygen atoms in total. The smallest absolute Gasteiger partial charge is 0.339 e. The summed E-state index contributed by atoms with van der Waals surface area (Å²) in [5.41, 5.74) is 0.227. The van der Waals surface area contributed by atoms with E-state index in [1.807, 2.05) is 0 Å². The fourth-order valence-electron chi connectivity index (χ4n) is 2.47. The molecule has 0 unspecified atom stereocenters. The molecule has 1 fully saturated rings. The molecule has 0 aromatic heterocycles. The Balaban J connectivity index is 2.05. The summed E-state index contributed by atoms with van der Waals surface area (Å²) in [5, 5.41) is 11.8. The number of nitrogens with one attached hydrogen (secondary N) is 1. The first-order chi connectivity index (χ1) is 9.99. The molecule has 0 atom stereocenters. The Bertz CT molecular complexity index is 545. The van der Waals surface area contributed by atoms with Crippen molar-refractivity contribution in [2.75, 3.05) is 19.5 Å². The number of methoxy groups -OCH3 is 2. The van der Waals surface area contributed by atoms with Crippen molar-refractivity contribution in [3.8, 4) is 5.75 Å². The number of anilines is 1. The summed E-state index contributed by atoms with van der Waals surface area (Å²) in [7, 11) is 3.01. The molecular weight excluding hydrogens is 274 g/mol. The van der Waals surface area contributed by atoms with Crippen LogP contribution in [0.4, 0.5) is 5.69 Å². The van der Waals surface area contributed by atoms with E-state index in [9.17, 15) is 9.59 Å². The number of aromatic carboxylic acids is 1. The topological polar surface area (TPSA) is 84.9 Å². The number of rotatable bonds is 6. The second-order valence-corrected chi connectivity index (χ2v) is 5.19. The average Bonchev–Trinajstić information content (AvgIpc) is 2.42. The molecule has 1 amide bonds. The lowest BCUT2D eigenvalue weighted by molar-refractivity contribution is -0.129. The quantitative estimate of drug-likeness (QED) is 0.840. The summed E-state index contributed by atoms with van der Waals surface area (Å²) in [4.78, 5) is 23.1. The van der Waals surface area contributed by atoms with E-state index >= 15 is 0 Å². The van der Waals surface area contributed by atoms with E-state index in [0.29, 0.717) is 12.1 Å². The first kappa shape index (κ1) is 15.3. The van der Waals surface area contributed by atoms with Crippen molar-refractivity contribution in [1.82, 2.24) is 0 Å². The van der Waals surface area contributed by atoms with Gasteiger partial charge in [-0.15, -0.1) is 0 Å². The van der Waals surface area contributed by atoms with E-state index in [-0.39, 0.29) is 22.8 Å². The first-order valence-corrected chi connectivity index (χ1v) is 6.76. The molecule has 0 saturated heterocycles. The first-order valence-electron chi connectivity index (χ1n) is 6.76. The molecule has 21 heavy (non-hydrogen) atoms. The minimum Gasteiger partial charge on any atom is -0.496 e. The summed E-state index contributed by atoms with van der Waals surface area (Å²) in [6, 6.07) is 4.46. The second kappa shape index (κ2) is 6.13. The molecule has 0 heterocycles. The molecule has 1 aromatic rings. The average molecular weight is 293 g/mol. The van der Waals surface area contributed by atoms with Crippen LogP contribution < -0.4 is 10.1 Å². The summed E-state index contributed by atoms with van der Waals surface area (Å²) >= 11 is 0. The van der Waals surface area contributed by atoms with E-state index in [2.05, 4.69) is 5.32 Å². The molecule has 2 N–H and O–H groups in total. The number of ether oxygens (including phenoxy) is 2. The zero-order valence-electron chi connectivity index (χ0n) is 12.1. The van der Waals surface area contributed by atoms with Gasteiger partial charge in [-0.2, -0.15) is 0 Å². The van der Waals surface area contributed by atoms with Crippen LogP contribution >= 0.6 is 0 Å². The van der Waals surface area contributed by atoms with Gasteiger partial charge in [0.25, 0.3) is 0 Å². The largest absolute Gasteiger partial charge is 0.496 e. The molecule has 1 aliphatic carbocycles. The number of carboxylic acids is 1. The Kier molecular flexibility index (Phi) is 4.47. The summed E-state index contributed by atoms with van der Waals surface area (Å²) < 4.78 is 10.4. The van der Waals surface area contributed by atoms with Crippen LogP contribution in [-0.4, -0.2) is 36.8 Å². The molecule has 1 aromatic carbocycles. The van der Waals surface area contributed by atoms with E-state index < -0.39 is 5.97 Å². The maximum Gasteiger partial charge on any atom is 0.339 e. The predicted octanol–water partition coefficient (Wildman–Crippen LogP) is 2.29. The Morgan fingerprint density at radius 3 is 2.52 bits per heavy atom. The molecule has 0 radical (unpaired) electrons. The number of amides is 1. The van der Waals surface area contributed by atoms with Gasteiger partial charge in [0, 0.05) is 18.9 Å². The molecule has 1 aliphatic rings. The molecule has 0 spiro atoms. The summed E-state index contributed by atoms with van der Waals surface area (Å²) in [5.74, 6) is -1.01. The Morgan fingerprint density at radius 2 is 2.05 bits per heavy atom. The monoisotopic (exact) mass is 293 g/mol.